The average Bonchev–Trinajstić information content (AvgIpc) is 2.39. The summed E-state index contributed by atoms with van der Waals surface area (Å²) in [5, 5.41) is 17.5. The quantitative estimate of drug-likeness (QED) is 0.857. The van der Waals surface area contributed by atoms with Crippen molar-refractivity contribution >= 4 is 0 Å². The Morgan fingerprint density at radius 1 is 1.06 bits per heavy atom. The molecule has 84 valence electrons. The SMILES string of the molecule is N#Cc1ccc(-c2ccc(CO)c(F)c2)cc1. The van der Waals surface area contributed by atoms with Crippen LogP contribution in [0, 0.1) is 17.1 Å². The number of halogens is 1. The fraction of sp³-hybridized carbons (Fsp3) is 0.0714. The van der Waals surface area contributed by atoms with Crippen molar-refractivity contribution < 1.29 is 9.50 Å². The summed E-state index contributed by atoms with van der Waals surface area (Å²) in [6.45, 7) is -0.306. The zero-order chi connectivity index (χ0) is 12.3. The molecule has 0 aromatic heterocycles. The third-order valence-electron chi connectivity index (χ3n) is 2.57. The summed E-state index contributed by atoms with van der Waals surface area (Å²) in [5.74, 6) is -0.422. The molecule has 0 aliphatic rings. The molecule has 3 heteroatoms. The number of hydrogen-bond acceptors (Lipinski definition) is 2. The van der Waals surface area contributed by atoms with Gasteiger partial charge in [0.05, 0.1) is 18.2 Å². The normalized spacial score (nSPS) is 9.94. The van der Waals surface area contributed by atoms with E-state index in [9.17, 15) is 4.39 Å². The van der Waals surface area contributed by atoms with Crippen LogP contribution in [0.25, 0.3) is 11.1 Å². The van der Waals surface area contributed by atoms with Crippen LogP contribution in [0.5, 0.6) is 0 Å². The molecule has 2 nitrogen and oxygen atoms in total. The van der Waals surface area contributed by atoms with Crippen molar-refractivity contribution in [2.75, 3.05) is 0 Å². The lowest BCUT2D eigenvalue weighted by atomic mass is 10.0. The van der Waals surface area contributed by atoms with Crippen LogP contribution in [-0.2, 0) is 6.61 Å². The van der Waals surface area contributed by atoms with E-state index in [0.29, 0.717) is 5.56 Å². The summed E-state index contributed by atoms with van der Waals surface area (Å²) in [4.78, 5) is 0. The van der Waals surface area contributed by atoms with Crippen molar-refractivity contribution in [1.82, 2.24) is 0 Å². The highest BCUT2D eigenvalue weighted by molar-refractivity contribution is 5.64. The summed E-state index contributed by atoms with van der Waals surface area (Å²) in [5.41, 5.74) is 2.42. The average molecular weight is 227 g/mol. The Balaban J connectivity index is 2.40. The van der Waals surface area contributed by atoms with E-state index in [1.54, 1.807) is 36.4 Å². The molecule has 0 aliphatic carbocycles. The lowest BCUT2D eigenvalue weighted by Gasteiger charge is -2.04. The van der Waals surface area contributed by atoms with Crippen LogP contribution in [0.2, 0.25) is 0 Å². The standard InChI is InChI=1S/C14H10FNO/c15-14-7-12(5-6-13(14)9-17)11-3-1-10(8-16)2-4-11/h1-7,17H,9H2. The van der Waals surface area contributed by atoms with Crippen molar-refractivity contribution in [2.24, 2.45) is 0 Å². The molecule has 17 heavy (non-hydrogen) atoms. The van der Waals surface area contributed by atoms with Crippen LogP contribution in [0.3, 0.4) is 0 Å². The van der Waals surface area contributed by atoms with Gasteiger partial charge in [0.2, 0.25) is 0 Å². The van der Waals surface area contributed by atoms with Crippen molar-refractivity contribution in [1.29, 1.82) is 5.26 Å². The fourth-order valence-corrected chi connectivity index (χ4v) is 1.59. The van der Waals surface area contributed by atoms with Gasteiger partial charge < -0.3 is 5.11 Å². The van der Waals surface area contributed by atoms with Gasteiger partial charge in [-0.2, -0.15) is 5.26 Å². The maximum absolute atomic E-state index is 13.5. The van der Waals surface area contributed by atoms with Crippen LogP contribution in [0.4, 0.5) is 4.39 Å². The molecule has 2 aromatic carbocycles. The third kappa shape index (κ3) is 2.32. The largest absolute Gasteiger partial charge is 0.392 e. The first-order valence-corrected chi connectivity index (χ1v) is 5.14. The summed E-state index contributed by atoms with van der Waals surface area (Å²) < 4.78 is 13.5. The van der Waals surface area contributed by atoms with Gasteiger partial charge in [0.1, 0.15) is 5.82 Å². The first kappa shape index (κ1) is 11.3. The Morgan fingerprint density at radius 3 is 2.24 bits per heavy atom. The van der Waals surface area contributed by atoms with Crippen LogP contribution in [-0.4, -0.2) is 5.11 Å². The fourth-order valence-electron chi connectivity index (χ4n) is 1.59. The van der Waals surface area contributed by atoms with E-state index in [1.165, 1.54) is 6.07 Å². The summed E-state index contributed by atoms with van der Waals surface area (Å²) in [7, 11) is 0. The Kier molecular flexibility index (Phi) is 3.17. The zero-order valence-corrected chi connectivity index (χ0v) is 9.02. The predicted molar refractivity (Wildman–Crippen MR) is 62.5 cm³/mol. The predicted octanol–water partition coefficient (Wildman–Crippen LogP) is 2.86. The molecule has 0 unspecified atom stereocenters. The van der Waals surface area contributed by atoms with E-state index in [4.69, 9.17) is 10.4 Å². The molecule has 2 rings (SSSR count). The highest BCUT2D eigenvalue weighted by Crippen LogP contribution is 2.22. The van der Waals surface area contributed by atoms with E-state index in [-0.39, 0.29) is 12.2 Å². The Hall–Kier alpha value is -2.18. The highest BCUT2D eigenvalue weighted by atomic mass is 19.1. The second-order valence-corrected chi connectivity index (χ2v) is 3.65. The lowest BCUT2D eigenvalue weighted by molar-refractivity contribution is 0.276. The molecule has 0 heterocycles. The summed E-state index contributed by atoms with van der Waals surface area (Å²) in [6.07, 6.45) is 0. The van der Waals surface area contributed by atoms with Gasteiger partial charge in [0, 0.05) is 5.56 Å². The summed E-state index contributed by atoms with van der Waals surface area (Å²) in [6, 6.07) is 13.6. The molecule has 0 atom stereocenters. The molecule has 0 spiro atoms. The molecular weight excluding hydrogens is 217 g/mol. The Morgan fingerprint density at radius 2 is 1.71 bits per heavy atom. The third-order valence-corrected chi connectivity index (χ3v) is 2.57. The number of aliphatic hydroxyl groups excluding tert-OH is 1. The van der Waals surface area contributed by atoms with Gasteiger partial charge in [-0.25, -0.2) is 4.39 Å². The monoisotopic (exact) mass is 227 g/mol. The number of hydrogen-bond donors (Lipinski definition) is 1. The topological polar surface area (TPSA) is 44.0 Å². The molecule has 1 N–H and O–H groups in total. The summed E-state index contributed by atoms with van der Waals surface area (Å²) >= 11 is 0. The molecular formula is C14H10FNO. The molecule has 0 aliphatic heterocycles. The maximum atomic E-state index is 13.5. The van der Waals surface area contributed by atoms with Crippen molar-refractivity contribution in [3.63, 3.8) is 0 Å². The van der Waals surface area contributed by atoms with Crippen LogP contribution in [0.15, 0.2) is 42.5 Å². The number of rotatable bonds is 2. The van der Waals surface area contributed by atoms with Crippen molar-refractivity contribution in [2.45, 2.75) is 6.61 Å². The number of benzene rings is 2. The van der Waals surface area contributed by atoms with E-state index in [0.717, 1.165) is 11.1 Å². The van der Waals surface area contributed by atoms with E-state index >= 15 is 0 Å². The molecule has 0 fully saturated rings. The highest BCUT2D eigenvalue weighted by Gasteiger charge is 2.04. The van der Waals surface area contributed by atoms with Crippen molar-refractivity contribution in [3.05, 3.63) is 59.4 Å². The smallest absolute Gasteiger partial charge is 0.129 e. The number of nitrogens with zero attached hydrogens (tertiary/aromatic N) is 1. The molecule has 0 radical (unpaired) electrons. The van der Waals surface area contributed by atoms with Gasteiger partial charge in [-0.15, -0.1) is 0 Å². The van der Waals surface area contributed by atoms with Gasteiger partial charge >= 0.3 is 0 Å². The van der Waals surface area contributed by atoms with Crippen LogP contribution in [0.1, 0.15) is 11.1 Å². The van der Waals surface area contributed by atoms with Gasteiger partial charge in [0.25, 0.3) is 0 Å². The minimum Gasteiger partial charge on any atom is -0.392 e. The van der Waals surface area contributed by atoms with Crippen LogP contribution < -0.4 is 0 Å². The molecule has 2 aromatic rings. The molecule has 0 amide bonds. The number of nitriles is 1. The lowest BCUT2D eigenvalue weighted by Crippen LogP contribution is -1.90. The maximum Gasteiger partial charge on any atom is 0.129 e. The van der Waals surface area contributed by atoms with Gasteiger partial charge in [-0.05, 0) is 29.3 Å². The Labute approximate surface area is 98.6 Å². The Bertz CT molecular complexity index is 570. The molecule has 0 bridgehead atoms. The zero-order valence-electron chi connectivity index (χ0n) is 9.02. The van der Waals surface area contributed by atoms with Gasteiger partial charge in [-0.1, -0.05) is 24.3 Å². The van der Waals surface area contributed by atoms with E-state index in [1.807, 2.05) is 6.07 Å². The minimum atomic E-state index is -0.422. The van der Waals surface area contributed by atoms with Gasteiger partial charge in [-0.3, -0.25) is 0 Å². The van der Waals surface area contributed by atoms with E-state index in [2.05, 4.69) is 0 Å². The second-order valence-electron chi connectivity index (χ2n) is 3.65. The van der Waals surface area contributed by atoms with Gasteiger partial charge in [0.15, 0.2) is 0 Å². The first-order chi connectivity index (χ1) is 8.24. The molecule has 0 saturated heterocycles. The number of aliphatic hydroxyl groups is 1. The first-order valence-electron chi connectivity index (χ1n) is 5.14. The second kappa shape index (κ2) is 4.77. The minimum absolute atomic E-state index is 0.280. The van der Waals surface area contributed by atoms with E-state index < -0.39 is 5.82 Å². The molecule has 0 saturated carbocycles. The van der Waals surface area contributed by atoms with Crippen molar-refractivity contribution in [3.8, 4) is 17.2 Å². The van der Waals surface area contributed by atoms with Crippen LogP contribution >= 0.6 is 0 Å².